The fourth-order valence-electron chi connectivity index (χ4n) is 3.24. The Labute approximate surface area is 161 Å². The van der Waals surface area contributed by atoms with Gasteiger partial charge in [-0.05, 0) is 0 Å². The number of imidazole rings is 1. The maximum atomic E-state index is 12.5. The topological polar surface area (TPSA) is 127 Å². The van der Waals surface area contributed by atoms with Crippen molar-refractivity contribution in [2.45, 2.75) is 31.1 Å². The molecule has 2 aromatic heterocycles. The predicted molar refractivity (Wildman–Crippen MR) is 99.2 cm³/mol. The fourth-order valence-corrected chi connectivity index (χ4v) is 3.94. The van der Waals surface area contributed by atoms with E-state index in [1.54, 1.807) is 10.6 Å². The standard InChI is InChI=1S/C16H23N4O7P/c1-5-6-19-8-18-14-11(15(19)21)17-9-20(14)16-13(25-3)12(27-28(4,22)23)10(26-16)7-24-2/h5,8-10,12-13,16H,1,6-7H2,2-4H3,(H,22,23)/t10-,12+,13?,16-/m1/s1. The molecular formula is C16H23N4O7P. The van der Waals surface area contributed by atoms with Crippen LogP contribution in [0.3, 0.4) is 0 Å². The minimum atomic E-state index is -3.82. The third-order valence-corrected chi connectivity index (χ3v) is 4.99. The van der Waals surface area contributed by atoms with E-state index in [1.165, 1.54) is 31.4 Å². The van der Waals surface area contributed by atoms with E-state index in [1.807, 2.05) is 0 Å². The molecule has 3 rings (SSSR count). The van der Waals surface area contributed by atoms with Crippen LogP contribution < -0.4 is 5.56 Å². The first-order valence-electron chi connectivity index (χ1n) is 8.49. The summed E-state index contributed by atoms with van der Waals surface area (Å²) >= 11 is 0. The minimum Gasteiger partial charge on any atom is -0.382 e. The lowest BCUT2D eigenvalue weighted by Gasteiger charge is -2.24. The Bertz CT molecular complexity index is 952. The van der Waals surface area contributed by atoms with Crippen LogP contribution in [-0.4, -0.2) is 69.8 Å². The molecule has 5 atom stereocenters. The summed E-state index contributed by atoms with van der Waals surface area (Å²) in [6.45, 7) is 5.13. The second-order valence-corrected chi connectivity index (χ2v) is 8.23. The Balaban J connectivity index is 2.02. The lowest BCUT2D eigenvalue weighted by molar-refractivity contribution is -0.0629. The maximum Gasteiger partial charge on any atom is 0.325 e. The largest absolute Gasteiger partial charge is 0.382 e. The lowest BCUT2D eigenvalue weighted by Crippen LogP contribution is -2.37. The molecule has 1 fully saturated rings. The third kappa shape index (κ3) is 3.95. The van der Waals surface area contributed by atoms with Gasteiger partial charge in [0.2, 0.25) is 0 Å². The Hall–Kier alpha value is -1.88. The number of aromatic nitrogens is 4. The second kappa shape index (κ2) is 8.24. The van der Waals surface area contributed by atoms with Crippen molar-refractivity contribution >= 4 is 18.8 Å². The second-order valence-electron chi connectivity index (χ2n) is 6.41. The van der Waals surface area contributed by atoms with Gasteiger partial charge in [-0.25, -0.2) is 9.97 Å². The number of hydrogen-bond acceptors (Lipinski definition) is 8. The molecule has 11 nitrogen and oxygen atoms in total. The Morgan fingerprint density at radius 1 is 1.36 bits per heavy atom. The molecule has 12 heteroatoms. The highest BCUT2D eigenvalue weighted by atomic mass is 31.2. The number of methoxy groups -OCH3 is 2. The summed E-state index contributed by atoms with van der Waals surface area (Å²) in [4.78, 5) is 30.7. The molecule has 0 aliphatic carbocycles. The Morgan fingerprint density at radius 3 is 2.71 bits per heavy atom. The summed E-state index contributed by atoms with van der Waals surface area (Å²) in [6.07, 6.45) is 1.33. The van der Waals surface area contributed by atoms with Gasteiger partial charge in [-0.2, -0.15) is 0 Å². The van der Waals surface area contributed by atoms with E-state index >= 15 is 0 Å². The van der Waals surface area contributed by atoms with E-state index in [0.29, 0.717) is 12.2 Å². The molecule has 0 spiro atoms. The zero-order valence-corrected chi connectivity index (χ0v) is 16.7. The number of hydrogen-bond donors (Lipinski definition) is 1. The van der Waals surface area contributed by atoms with Crippen molar-refractivity contribution in [2.75, 3.05) is 27.5 Å². The molecule has 0 bridgehead atoms. The van der Waals surface area contributed by atoms with E-state index in [-0.39, 0.29) is 17.7 Å². The predicted octanol–water partition coefficient (Wildman–Crippen LogP) is 0.538. The third-order valence-electron chi connectivity index (χ3n) is 4.36. The van der Waals surface area contributed by atoms with Gasteiger partial charge in [0.25, 0.3) is 5.56 Å². The highest BCUT2D eigenvalue weighted by Gasteiger charge is 2.49. The molecule has 0 radical (unpaired) electrons. The highest BCUT2D eigenvalue weighted by molar-refractivity contribution is 7.51. The molecule has 28 heavy (non-hydrogen) atoms. The van der Waals surface area contributed by atoms with Gasteiger partial charge in [0, 0.05) is 27.4 Å². The normalized spacial score (nSPS) is 27.1. The molecular weight excluding hydrogens is 391 g/mol. The van der Waals surface area contributed by atoms with Crippen molar-refractivity contribution in [3.63, 3.8) is 0 Å². The van der Waals surface area contributed by atoms with Gasteiger partial charge in [-0.15, -0.1) is 6.58 Å². The maximum absolute atomic E-state index is 12.5. The quantitative estimate of drug-likeness (QED) is 0.486. The molecule has 1 N–H and O–H groups in total. The van der Waals surface area contributed by atoms with E-state index in [9.17, 15) is 14.3 Å². The van der Waals surface area contributed by atoms with Gasteiger partial charge in [0.05, 0.1) is 12.9 Å². The van der Waals surface area contributed by atoms with Gasteiger partial charge in [0.15, 0.2) is 17.4 Å². The van der Waals surface area contributed by atoms with Crippen LogP contribution in [0.15, 0.2) is 30.1 Å². The minimum absolute atomic E-state index is 0.118. The monoisotopic (exact) mass is 414 g/mol. The summed E-state index contributed by atoms with van der Waals surface area (Å²) < 4.78 is 36.7. The van der Waals surface area contributed by atoms with Crippen LogP contribution in [0.2, 0.25) is 0 Å². The van der Waals surface area contributed by atoms with Crippen molar-refractivity contribution in [2.24, 2.45) is 0 Å². The number of ether oxygens (including phenoxy) is 3. The average Bonchev–Trinajstić information content (AvgIpc) is 3.18. The van der Waals surface area contributed by atoms with Crippen LogP contribution in [0.4, 0.5) is 0 Å². The summed E-state index contributed by atoms with van der Waals surface area (Å²) in [5, 5.41) is 0. The Morgan fingerprint density at radius 2 is 2.11 bits per heavy atom. The number of fused-ring (bicyclic) bond motifs is 1. The molecule has 1 aliphatic heterocycles. The van der Waals surface area contributed by atoms with Gasteiger partial charge >= 0.3 is 7.60 Å². The molecule has 154 valence electrons. The number of allylic oxidation sites excluding steroid dienone is 1. The first kappa shape index (κ1) is 20.8. The van der Waals surface area contributed by atoms with Crippen molar-refractivity contribution in [1.82, 2.24) is 19.1 Å². The van der Waals surface area contributed by atoms with Crippen LogP contribution in [0.25, 0.3) is 11.2 Å². The van der Waals surface area contributed by atoms with Gasteiger partial charge in [-0.3, -0.25) is 23.0 Å². The van der Waals surface area contributed by atoms with Crippen molar-refractivity contribution < 1.29 is 28.2 Å². The average molecular weight is 414 g/mol. The SMILES string of the molecule is C=CCn1cnc2c(ncn2[C@@H]2O[C@H](COC)[C@H](OP(C)(=O)O)C2OC)c1=O. The first-order valence-corrected chi connectivity index (χ1v) is 10.5. The molecule has 3 heterocycles. The van der Waals surface area contributed by atoms with Crippen molar-refractivity contribution in [3.05, 3.63) is 35.7 Å². The summed E-state index contributed by atoms with van der Waals surface area (Å²) in [5.74, 6) is 0. The molecule has 0 saturated carbocycles. The Kier molecular flexibility index (Phi) is 6.13. The molecule has 0 aromatic carbocycles. The van der Waals surface area contributed by atoms with Gasteiger partial charge in [0.1, 0.15) is 24.6 Å². The smallest absolute Gasteiger partial charge is 0.325 e. The van der Waals surface area contributed by atoms with Crippen LogP contribution in [0, 0.1) is 0 Å². The van der Waals surface area contributed by atoms with Crippen LogP contribution in [-0.2, 0) is 29.8 Å². The number of rotatable bonds is 8. The highest BCUT2D eigenvalue weighted by Crippen LogP contribution is 2.45. The molecule has 1 saturated heterocycles. The zero-order chi connectivity index (χ0) is 20.5. The summed E-state index contributed by atoms with van der Waals surface area (Å²) in [5.41, 5.74) is 0.155. The molecule has 2 unspecified atom stereocenters. The first-order chi connectivity index (χ1) is 13.3. The molecule has 0 amide bonds. The van der Waals surface area contributed by atoms with E-state index in [4.69, 9.17) is 18.7 Å². The van der Waals surface area contributed by atoms with Gasteiger partial charge in [-0.1, -0.05) is 6.08 Å². The van der Waals surface area contributed by atoms with E-state index in [2.05, 4.69) is 16.5 Å². The fraction of sp³-hybridized carbons (Fsp3) is 0.562. The van der Waals surface area contributed by atoms with Crippen molar-refractivity contribution in [1.29, 1.82) is 0 Å². The van der Waals surface area contributed by atoms with Crippen LogP contribution in [0.5, 0.6) is 0 Å². The van der Waals surface area contributed by atoms with E-state index in [0.717, 1.165) is 6.66 Å². The number of nitrogens with zero attached hydrogens (tertiary/aromatic N) is 4. The summed E-state index contributed by atoms with van der Waals surface area (Å²) in [7, 11) is -0.898. The zero-order valence-electron chi connectivity index (χ0n) is 15.8. The van der Waals surface area contributed by atoms with Crippen LogP contribution in [0.1, 0.15) is 6.23 Å². The summed E-state index contributed by atoms with van der Waals surface area (Å²) in [6, 6.07) is 0. The lowest BCUT2D eigenvalue weighted by atomic mass is 10.1. The van der Waals surface area contributed by atoms with Crippen LogP contribution >= 0.6 is 7.60 Å². The molecule has 2 aromatic rings. The van der Waals surface area contributed by atoms with E-state index < -0.39 is 32.1 Å². The van der Waals surface area contributed by atoms with Gasteiger partial charge < -0.3 is 19.1 Å². The molecule has 1 aliphatic rings. The van der Waals surface area contributed by atoms with Crippen molar-refractivity contribution in [3.8, 4) is 0 Å².